The normalized spacial score (nSPS) is 15.7. The standard InChI is InChI=1S/C29H36N2O3/c1-7-27(30(4)20(3)29-19(2)12-13-21-10-8-9-11-24(21)29)31-15-14-22-16-25(33-5)26(34-6)17-23(22)18-28(31)32/h8-13,16-17,20,27H,7,14-15,18H2,1-6H3. The average molecular weight is 461 g/mol. The van der Waals surface area contributed by atoms with Crippen molar-refractivity contribution in [3.63, 3.8) is 0 Å². The Morgan fingerprint density at radius 3 is 2.38 bits per heavy atom. The number of ether oxygens (including phenoxy) is 2. The maximum Gasteiger partial charge on any atom is 0.228 e. The number of hydrogen-bond acceptors (Lipinski definition) is 4. The monoisotopic (exact) mass is 460 g/mol. The molecule has 4 rings (SSSR count). The zero-order valence-corrected chi connectivity index (χ0v) is 21.2. The minimum atomic E-state index is 0.0129. The molecule has 0 saturated heterocycles. The number of fused-ring (bicyclic) bond motifs is 2. The highest BCUT2D eigenvalue weighted by Crippen LogP contribution is 2.35. The summed E-state index contributed by atoms with van der Waals surface area (Å²) in [4.78, 5) is 17.9. The molecule has 5 heteroatoms. The molecule has 0 spiro atoms. The summed E-state index contributed by atoms with van der Waals surface area (Å²) in [5, 5.41) is 2.53. The van der Waals surface area contributed by atoms with Crippen LogP contribution in [0.25, 0.3) is 10.8 Å². The highest BCUT2D eigenvalue weighted by Gasteiger charge is 2.32. The molecule has 1 heterocycles. The number of aryl methyl sites for hydroxylation is 1. The second-order valence-electron chi connectivity index (χ2n) is 9.24. The van der Waals surface area contributed by atoms with Crippen molar-refractivity contribution in [2.45, 2.75) is 52.2 Å². The summed E-state index contributed by atoms with van der Waals surface area (Å²) >= 11 is 0. The summed E-state index contributed by atoms with van der Waals surface area (Å²) in [6.07, 6.45) is 2.05. The molecular formula is C29H36N2O3. The molecule has 5 nitrogen and oxygen atoms in total. The van der Waals surface area contributed by atoms with E-state index in [-0.39, 0.29) is 18.1 Å². The topological polar surface area (TPSA) is 42.0 Å². The van der Waals surface area contributed by atoms with Crippen LogP contribution in [0.4, 0.5) is 0 Å². The van der Waals surface area contributed by atoms with E-state index >= 15 is 0 Å². The van der Waals surface area contributed by atoms with Gasteiger partial charge in [-0.25, -0.2) is 0 Å². The van der Waals surface area contributed by atoms with Gasteiger partial charge in [0.1, 0.15) is 0 Å². The molecule has 34 heavy (non-hydrogen) atoms. The molecular weight excluding hydrogens is 424 g/mol. The third-order valence-electron chi connectivity index (χ3n) is 7.40. The lowest BCUT2D eigenvalue weighted by atomic mass is 9.94. The van der Waals surface area contributed by atoms with Gasteiger partial charge in [-0.3, -0.25) is 9.69 Å². The number of amides is 1. The number of carbonyl (C=O) groups excluding carboxylic acids is 1. The smallest absolute Gasteiger partial charge is 0.228 e. The Balaban J connectivity index is 1.63. The lowest BCUT2D eigenvalue weighted by molar-refractivity contribution is -0.137. The van der Waals surface area contributed by atoms with Crippen molar-refractivity contribution in [2.24, 2.45) is 0 Å². The summed E-state index contributed by atoms with van der Waals surface area (Å²) in [6.45, 7) is 7.29. The Kier molecular flexibility index (Phi) is 7.13. The van der Waals surface area contributed by atoms with E-state index in [0.29, 0.717) is 24.5 Å². The molecule has 180 valence electrons. The molecule has 0 saturated carbocycles. The summed E-state index contributed by atoms with van der Waals surface area (Å²) < 4.78 is 11.0. The number of hydrogen-bond donors (Lipinski definition) is 0. The van der Waals surface area contributed by atoms with Gasteiger partial charge in [-0.05, 0) is 78.9 Å². The first-order valence-corrected chi connectivity index (χ1v) is 12.1. The SMILES string of the molecule is CCC(N1CCc2cc(OC)c(OC)cc2CC1=O)N(C)C(C)c1c(C)ccc2ccccc12. The second-order valence-corrected chi connectivity index (χ2v) is 9.24. The number of nitrogens with zero attached hydrogens (tertiary/aromatic N) is 2. The van der Waals surface area contributed by atoms with Crippen LogP contribution in [-0.2, 0) is 17.6 Å². The van der Waals surface area contributed by atoms with Crippen molar-refractivity contribution in [1.29, 1.82) is 0 Å². The Bertz CT molecular complexity index is 1190. The van der Waals surface area contributed by atoms with Crippen LogP contribution in [0.3, 0.4) is 0 Å². The summed E-state index contributed by atoms with van der Waals surface area (Å²) in [5.41, 5.74) is 4.80. The molecule has 0 bridgehead atoms. The van der Waals surface area contributed by atoms with Crippen LogP contribution < -0.4 is 9.47 Å². The molecule has 1 aliphatic rings. The van der Waals surface area contributed by atoms with Crippen LogP contribution in [-0.4, -0.2) is 49.7 Å². The Morgan fingerprint density at radius 1 is 1.03 bits per heavy atom. The van der Waals surface area contributed by atoms with E-state index in [1.165, 1.54) is 21.9 Å². The van der Waals surface area contributed by atoms with Crippen molar-refractivity contribution >= 4 is 16.7 Å². The van der Waals surface area contributed by atoms with Crippen LogP contribution in [0.15, 0.2) is 48.5 Å². The number of benzene rings is 3. The van der Waals surface area contributed by atoms with E-state index in [4.69, 9.17) is 9.47 Å². The predicted octanol–water partition coefficient (Wildman–Crippen LogP) is 5.52. The van der Waals surface area contributed by atoms with Crippen LogP contribution in [0.1, 0.15) is 48.6 Å². The fraction of sp³-hybridized carbons (Fsp3) is 0.414. The van der Waals surface area contributed by atoms with Gasteiger partial charge in [-0.2, -0.15) is 0 Å². The van der Waals surface area contributed by atoms with E-state index in [1.54, 1.807) is 14.2 Å². The van der Waals surface area contributed by atoms with Crippen molar-refractivity contribution in [3.8, 4) is 11.5 Å². The van der Waals surface area contributed by atoms with Gasteiger partial charge in [0, 0.05) is 12.6 Å². The first kappa shape index (κ1) is 24.1. The zero-order chi connectivity index (χ0) is 24.4. The van der Waals surface area contributed by atoms with Gasteiger partial charge in [0.05, 0.1) is 26.8 Å². The lowest BCUT2D eigenvalue weighted by Gasteiger charge is -2.40. The van der Waals surface area contributed by atoms with Gasteiger partial charge in [0.2, 0.25) is 5.91 Å². The first-order valence-electron chi connectivity index (χ1n) is 12.1. The molecule has 0 aromatic heterocycles. The average Bonchev–Trinajstić information content (AvgIpc) is 3.01. The predicted molar refractivity (Wildman–Crippen MR) is 138 cm³/mol. The number of carbonyl (C=O) groups is 1. The number of methoxy groups -OCH3 is 2. The summed E-state index contributed by atoms with van der Waals surface area (Å²) in [7, 11) is 5.43. The zero-order valence-electron chi connectivity index (χ0n) is 21.2. The van der Waals surface area contributed by atoms with Crippen molar-refractivity contribution in [1.82, 2.24) is 9.80 Å². The van der Waals surface area contributed by atoms with Crippen LogP contribution in [0.5, 0.6) is 11.5 Å². The maximum absolute atomic E-state index is 13.5. The molecule has 1 amide bonds. The summed E-state index contributed by atoms with van der Waals surface area (Å²) in [6, 6.07) is 17.1. The molecule has 0 radical (unpaired) electrons. The van der Waals surface area contributed by atoms with Crippen molar-refractivity contribution in [3.05, 3.63) is 70.8 Å². The second kappa shape index (κ2) is 10.1. The molecule has 3 aromatic rings. The minimum absolute atomic E-state index is 0.0129. The highest BCUT2D eigenvalue weighted by atomic mass is 16.5. The molecule has 0 fully saturated rings. The fourth-order valence-electron chi connectivity index (χ4n) is 5.45. The van der Waals surface area contributed by atoms with E-state index < -0.39 is 0 Å². The molecule has 3 aromatic carbocycles. The summed E-state index contributed by atoms with van der Waals surface area (Å²) in [5.74, 6) is 1.55. The van der Waals surface area contributed by atoms with Crippen LogP contribution in [0, 0.1) is 6.92 Å². The quantitative estimate of drug-likeness (QED) is 0.465. The van der Waals surface area contributed by atoms with Crippen molar-refractivity contribution in [2.75, 3.05) is 27.8 Å². The van der Waals surface area contributed by atoms with Gasteiger partial charge in [-0.1, -0.05) is 43.3 Å². The lowest BCUT2D eigenvalue weighted by Crippen LogP contribution is -2.50. The third kappa shape index (κ3) is 4.37. The Labute approximate surface area is 203 Å². The van der Waals surface area contributed by atoms with Gasteiger partial charge in [0.15, 0.2) is 11.5 Å². The van der Waals surface area contributed by atoms with Gasteiger partial charge in [0.25, 0.3) is 0 Å². The van der Waals surface area contributed by atoms with E-state index in [0.717, 1.165) is 24.0 Å². The molecule has 2 atom stereocenters. The Morgan fingerprint density at radius 2 is 1.71 bits per heavy atom. The maximum atomic E-state index is 13.5. The molecule has 0 aliphatic carbocycles. The van der Waals surface area contributed by atoms with Gasteiger partial charge in [-0.15, -0.1) is 0 Å². The Hall–Kier alpha value is -3.05. The van der Waals surface area contributed by atoms with Crippen LogP contribution >= 0.6 is 0 Å². The number of rotatable bonds is 7. The molecule has 1 aliphatic heterocycles. The van der Waals surface area contributed by atoms with E-state index in [2.05, 4.69) is 74.0 Å². The van der Waals surface area contributed by atoms with Crippen molar-refractivity contribution < 1.29 is 14.3 Å². The van der Waals surface area contributed by atoms with Gasteiger partial charge >= 0.3 is 0 Å². The van der Waals surface area contributed by atoms with E-state index in [9.17, 15) is 4.79 Å². The van der Waals surface area contributed by atoms with Crippen LogP contribution in [0.2, 0.25) is 0 Å². The highest BCUT2D eigenvalue weighted by molar-refractivity contribution is 5.87. The first-order chi connectivity index (χ1) is 16.4. The molecule has 0 N–H and O–H groups in total. The minimum Gasteiger partial charge on any atom is -0.493 e. The fourth-order valence-corrected chi connectivity index (χ4v) is 5.45. The molecule has 2 unspecified atom stereocenters. The van der Waals surface area contributed by atoms with Gasteiger partial charge < -0.3 is 14.4 Å². The van der Waals surface area contributed by atoms with E-state index in [1.807, 2.05) is 12.1 Å². The third-order valence-corrected chi connectivity index (χ3v) is 7.40. The largest absolute Gasteiger partial charge is 0.493 e.